The molecule has 0 aliphatic heterocycles. The molecule has 5 heteroatoms. The highest BCUT2D eigenvalue weighted by atomic mass is 32.2. The van der Waals surface area contributed by atoms with Crippen LogP contribution in [-0.4, -0.2) is 22.5 Å². The van der Waals surface area contributed by atoms with Crippen LogP contribution in [0.5, 0.6) is 0 Å². The van der Waals surface area contributed by atoms with Gasteiger partial charge in [0, 0.05) is 10.9 Å². The van der Waals surface area contributed by atoms with Crippen LogP contribution in [0.2, 0.25) is 0 Å². The highest BCUT2D eigenvalue weighted by molar-refractivity contribution is 7.85. The van der Waals surface area contributed by atoms with Crippen molar-refractivity contribution >= 4 is 10.8 Å². The predicted molar refractivity (Wildman–Crippen MR) is 77.0 cm³/mol. The zero-order chi connectivity index (χ0) is 14.9. The van der Waals surface area contributed by atoms with Crippen LogP contribution in [0, 0.1) is 23.5 Å². The second-order valence-electron chi connectivity index (χ2n) is 5.79. The van der Waals surface area contributed by atoms with E-state index in [4.69, 9.17) is 0 Å². The molecular weight excluding hydrogens is 280 g/mol. The first-order chi connectivity index (χ1) is 9.43. The molecule has 1 N–H and O–H groups in total. The van der Waals surface area contributed by atoms with Gasteiger partial charge in [0.1, 0.15) is 0 Å². The monoisotopic (exact) mass is 301 g/mol. The summed E-state index contributed by atoms with van der Waals surface area (Å²) in [5, 5.41) is 3.16. The number of rotatable bonds is 3. The summed E-state index contributed by atoms with van der Waals surface area (Å²) in [6.45, 7) is 4.28. The summed E-state index contributed by atoms with van der Waals surface area (Å²) in [6, 6.07) is 3.67. The van der Waals surface area contributed by atoms with Gasteiger partial charge in [-0.15, -0.1) is 0 Å². The van der Waals surface area contributed by atoms with Crippen LogP contribution in [0.4, 0.5) is 8.78 Å². The van der Waals surface area contributed by atoms with Gasteiger partial charge in [-0.2, -0.15) is 0 Å². The number of nitrogens with one attached hydrogen (secondary N) is 1. The van der Waals surface area contributed by atoms with E-state index in [-0.39, 0.29) is 17.2 Å². The van der Waals surface area contributed by atoms with E-state index in [0.717, 1.165) is 25.0 Å². The third kappa shape index (κ3) is 3.09. The molecule has 1 fully saturated rings. The van der Waals surface area contributed by atoms with Gasteiger partial charge in [0.05, 0.1) is 16.0 Å². The minimum absolute atomic E-state index is 0.0685. The average molecular weight is 301 g/mol. The van der Waals surface area contributed by atoms with Crippen molar-refractivity contribution in [2.75, 3.05) is 7.05 Å². The van der Waals surface area contributed by atoms with E-state index < -0.39 is 22.4 Å². The Hall–Kier alpha value is -0.810. The van der Waals surface area contributed by atoms with Gasteiger partial charge in [0.15, 0.2) is 11.6 Å². The van der Waals surface area contributed by atoms with Gasteiger partial charge in [0.25, 0.3) is 0 Å². The Morgan fingerprint density at radius 1 is 1.20 bits per heavy atom. The standard InChI is InChI=1S/C15H21F2NOS/c1-9-6-10(2)15(14(7-9)18-3)20(19)11-4-5-12(16)13(17)8-11/h4-5,8-10,14-15,18H,6-7H2,1-3H3. The van der Waals surface area contributed by atoms with Crippen molar-refractivity contribution in [2.45, 2.75) is 42.9 Å². The Morgan fingerprint density at radius 2 is 1.90 bits per heavy atom. The predicted octanol–water partition coefficient (Wildman–Crippen LogP) is 3.10. The summed E-state index contributed by atoms with van der Waals surface area (Å²) in [4.78, 5) is 0.371. The summed E-state index contributed by atoms with van der Waals surface area (Å²) in [5.41, 5.74) is 0. The molecule has 112 valence electrons. The summed E-state index contributed by atoms with van der Waals surface area (Å²) < 4.78 is 39.0. The van der Waals surface area contributed by atoms with E-state index in [1.165, 1.54) is 6.07 Å². The van der Waals surface area contributed by atoms with Gasteiger partial charge >= 0.3 is 0 Å². The molecule has 0 spiro atoms. The fourth-order valence-electron chi connectivity index (χ4n) is 3.23. The number of hydrogen-bond donors (Lipinski definition) is 1. The van der Waals surface area contributed by atoms with E-state index in [9.17, 15) is 13.0 Å². The van der Waals surface area contributed by atoms with E-state index >= 15 is 0 Å². The highest BCUT2D eigenvalue weighted by Crippen LogP contribution is 2.34. The van der Waals surface area contributed by atoms with Gasteiger partial charge in [-0.05, 0) is 49.9 Å². The van der Waals surface area contributed by atoms with Crippen molar-refractivity contribution in [1.82, 2.24) is 5.32 Å². The van der Waals surface area contributed by atoms with Gasteiger partial charge in [-0.25, -0.2) is 8.78 Å². The van der Waals surface area contributed by atoms with E-state index in [2.05, 4.69) is 19.2 Å². The van der Waals surface area contributed by atoms with Crippen LogP contribution in [0.1, 0.15) is 26.7 Å². The van der Waals surface area contributed by atoms with Crippen LogP contribution < -0.4 is 5.32 Å². The van der Waals surface area contributed by atoms with Crippen LogP contribution in [-0.2, 0) is 10.8 Å². The molecule has 0 bridgehead atoms. The van der Waals surface area contributed by atoms with Crippen molar-refractivity contribution in [3.05, 3.63) is 29.8 Å². The molecule has 1 aromatic rings. The summed E-state index contributed by atoms with van der Waals surface area (Å²) >= 11 is 0. The van der Waals surface area contributed by atoms with Crippen molar-refractivity contribution < 1.29 is 13.0 Å². The molecule has 5 unspecified atom stereocenters. The molecule has 20 heavy (non-hydrogen) atoms. The molecule has 1 aromatic carbocycles. The molecule has 0 aromatic heterocycles. The average Bonchev–Trinajstić information content (AvgIpc) is 2.40. The molecule has 0 saturated heterocycles. The first-order valence-corrected chi connectivity index (χ1v) is 8.18. The molecule has 0 heterocycles. The molecule has 0 amide bonds. The molecule has 5 atom stereocenters. The van der Waals surface area contributed by atoms with E-state index in [1.54, 1.807) is 0 Å². The second-order valence-corrected chi connectivity index (χ2v) is 7.40. The van der Waals surface area contributed by atoms with Gasteiger partial charge in [-0.1, -0.05) is 13.8 Å². The summed E-state index contributed by atoms with van der Waals surface area (Å²) in [6.07, 6.45) is 1.97. The van der Waals surface area contributed by atoms with Crippen molar-refractivity contribution in [3.8, 4) is 0 Å². The van der Waals surface area contributed by atoms with E-state index in [1.807, 2.05) is 7.05 Å². The minimum Gasteiger partial charge on any atom is -0.316 e. The van der Waals surface area contributed by atoms with Crippen molar-refractivity contribution in [1.29, 1.82) is 0 Å². The molecule has 1 aliphatic carbocycles. The fourth-order valence-corrected chi connectivity index (χ4v) is 5.05. The summed E-state index contributed by atoms with van der Waals surface area (Å²) in [5.74, 6) is -0.972. The lowest BCUT2D eigenvalue weighted by atomic mass is 9.80. The van der Waals surface area contributed by atoms with Gasteiger partial charge in [-0.3, -0.25) is 4.21 Å². The molecule has 1 saturated carbocycles. The maximum absolute atomic E-state index is 13.3. The zero-order valence-corrected chi connectivity index (χ0v) is 12.8. The second kappa shape index (κ2) is 6.31. The van der Waals surface area contributed by atoms with Crippen LogP contribution in [0.25, 0.3) is 0 Å². The normalized spacial score (nSPS) is 32.0. The smallest absolute Gasteiger partial charge is 0.160 e. The largest absolute Gasteiger partial charge is 0.316 e. The van der Waals surface area contributed by atoms with Crippen molar-refractivity contribution in [3.63, 3.8) is 0 Å². The third-order valence-corrected chi connectivity index (χ3v) is 6.14. The Morgan fingerprint density at radius 3 is 2.50 bits per heavy atom. The highest BCUT2D eigenvalue weighted by Gasteiger charge is 2.37. The number of hydrogen-bond acceptors (Lipinski definition) is 2. The molecular formula is C15H21F2NOS. The lowest BCUT2D eigenvalue weighted by Crippen LogP contribution is -2.48. The van der Waals surface area contributed by atoms with Crippen molar-refractivity contribution in [2.24, 2.45) is 11.8 Å². The Bertz CT molecular complexity index is 509. The lowest BCUT2D eigenvalue weighted by Gasteiger charge is -2.38. The van der Waals surface area contributed by atoms with Gasteiger partial charge < -0.3 is 5.32 Å². The van der Waals surface area contributed by atoms with Crippen LogP contribution >= 0.6 is 0 Å². The number of halogens is 2. The Balaban J connectivity index is 2.27. The Labute approximate surface area is 121 Å². The maximum Gasteiger partial charge on any atom is 0.160 e. The molecule has 2 nitrogen and oxygen atoms in total. The van der Waals surface area contributed by atoms with E-state index in [0.29, 0.717) is 10.8 Å². The molecule has 1 aliphatic rings. The maximum atomic E-state index is 13.3. The first kappa shape index (κ1) is 15.6. The Kier molecular flexibility index (Phi) is 4.91. The van der Waals surface area contributed by atoms with Crippen LogP contribution in [0.3, 0.4) is 0 Å². The van der Waals surface area contributed by atoms with Crippen LogP contribution in [0.15, 0.2) is 23.1 Å². The lowest BCUT2D eigenvalue weighted by molar-refractivity contribution is 0.253. The summed E-state index contributed by atoms with van der Waals surface area (Å²) in [7, 11) is 0.533. The number of benzene rings is 1. The quantitative estimate of drug-likeness (QED) is 0.929. The fraction of sp³-hybridized carbons (Fsp3) is 0.600. The topological polar surface area (TPSA) is 29.1 Å². The van der Waals surface area contributed by atoms with Gasteiger partial charge in [0.2, 0.25) is 0 Å². The third-order valence-electron chi connectivity index (χ3n) is 4.13. The zero-order valence-electron chi connectivity index (χ0n) is 12.0. The molecule has 0 radical (unpaired) electrons. The first-order valence-electron chi connectivity index (χ1n) is 6.97. The SMILES string of the molecule is CNC1CC(C)CC(C)C1S(=O)c1ccc(F)c(F)c1. The molecule has 2 rings (SSSR count). The minimum atomic E-state index is -1.33.